The van der Waals surface area contributed by atoms with Gasteiger partial charge in [0.25, 0.3) is 5.91 Å². The highest BCUT2D eigenvalue weighted by Crippen LogP contribution is 2.20. The van der Waals surface area contributed by atoms with E-state index in [0.717, 1.165) is 30.7 Å². The molecule has 5 heteroatoms. The maximum absolute atomic E-state index is 12.1. The number of hydrogen-bond donors (Lipinski definition) is 1. The molecule has 4 nitrogen and oxygen atoms in total. The van der Waals surface area contributed by atoms with Crippen molar-refractivity contribution in [1.82, 2.24) is 10.2 Å². The number of likely N-dealkylation sites (tertiary alicyclic amines) is 1. The van der Waals surface area contributed by atoms with Crippen LogP contribution in [0.3, 0.4) is 0 Å². The minimum atomic E-state index is 0.0685. The number of nitrogens with one attached hydrogen (secondary N) is 1. The fourth-order valence-corrected chi connectivity index (χ4v) is 2.98. The summed E-state index contributed by atoms with van der Waals surface area (Å²) in [6, 6.07) is 3.75. The molecule has 1 N–H and O–H groups in total. The van der Waals surface area contributed by atoms with Crippen molar-refractivity contribution in [2.75, 3.05) is 19.6 Å². The fourth-order valence-electron chi connectivity index (χ4n) is 2.29. The standard InChI is InChI=1S/C14H20N2O2S/c1-2-7-15-13(17)11-5-8-16(9-6-11)14(18)12-4-3-10-19-12/h3-4,10-11H,2,5-9H2,1H3,(H,15,17). The van der Waals surface area contributed by atoms with Crippen LogP contribution >= 0.6 is 11.3 Å². The number of amides is 2. The molecular formula is C14H20N2O2S. The Kier molecular flexibility index (Phi) is 4.96. The van der Waals surface area contributed by atoms with Crippen molar-refractivity contribution in [2.24, 2.45) is 5.92 Å². The molecule has 1 saturated heterocycles. The summed E-state index contributed by atoms with van der Waals surface area (Å²) in [7, 11) is 0. The molecule has 104 valence electrons. The molecule has 0 aliphatic carbocycles. The minimum absolute atomic E-state index is 0.0685. The van der Waals surface area contributed by atoms with Crippen LogP contribution in [0.1, 0.15) is 35.9 Å². The van der Waals surface area contributed by atoms with Gasteiger partial charge >= 0.3 is 0 Å². The molecule has 2 rings (SSSR count). The third kappa shape index (κ3) is 3.56. The summed E-state index contributed by atoms with van der Waals surface area (Å²) in [5.41, 5.74) is 0. The van der Waals surface area contributed by atoms with Gasteiger partial charge in [-0.05, 0) is 30.7 Å². The highest BCUT2D eigenvalue weighted by Gasteiger charge is 2.27. The van der Waals surface area contributed by atoms with Crippen LogP contribution in [0.15, 0.2) is 17.5 Å². The van der Waals surface area contributed by atoms with E-state index in [1.54, 1.807) is 0 Å². The molecule has 0 aromatic carbocycles. The van der Waals surface area contributed by atoms with Gasteiger partial charge < -0.3 is 10.2 Å². The number of nitrogens with zero attached hydrogens (tertiary/aromatic N) is 1. The Morgan fingerprint density at radius 1 is 1.42 bits per heavy atom. The van der Waals surface area contributed by atoms with Crippen LogP contribution in [0.25, 0.3) is 0 Å². The maximum atomic E-state index is 12.1. The fraction of sp³-hybridized carbons (Fsp3) is 0.571. The normalized spacial score (nSPS) is 16.4. The number of carbonyl (C=O) groups is 2. The molecule has 0 radical (unpaired) electrons. The van der Waals surface area contributed by atoms with E-state index in [1.165, 1.54) is 11.3 Å². The summed E-state index contributed by atoms with van der Waals surface area (Å²) in [5, 5.41) is 4.85. The molecule has 0 spiro atoms. The largest absolute Gasteiger partial charge is 0.356 e. The van der Waals surface area contributed by atoms with Crippen LogP contribution in [-0.2, 0) is 4.79 Å². The Morgan fingerprint density at radius 3 is 2.74 bits per heavy atom. The van der Waals surface area contributed by atoms with Gasteiger partial charge in [0.1, 0.15) is 0 Å². The molecule has 0 unspecified atom stereocenters. The summed E-state index contributed by atoms with van der Waals surface area (Å²) in [5.74, 6) is 0.312. The van der Waals surface area contributed by atoms with Crippen molar-refractivity contribution in [3.63, 3.8) is 0 Å². The first-order valence-electron chi connectivity index (χ1n) is 6.83. The highest BCUT2D eigenvalue weighted by atomic mass is 32.1. The zero-order valence-corrected chi connectivity index (χ0v) is 12.0. The lowest BCUT2D eigenvalue weighted by Gasteiger charge is -2.31. The van der Waals surface area contributed by atoms with Gasteiger partial charge in [-0.15, -0.1) is 11.3 Å². The van der Waals surface area contributed by atoms with E-state index in [0.29, 0.717) is 13.1 Å². The Balaban J connectivity index is 1.82. The monoisotopic (exact) mass is 280 g/mol. The number of thiophene rings is 1. The topological polar surface area (TPSA) is 49.4 Å². The van der Waals surface area contributed by atoms with Gasteiger partial charge in [0, 0.05) is 25.6 Å². The van der Waals surface area contributed by atoms with Crippen molar-refractivity contribution >= 4 is 23.2 Å². The highest BCUT2D eigenvalue weighted by molar-refractivity contribution is 7.12. The molecule has 2 amide bonds. The van der Waals surface area contributed by atoms with Gasteiger partial charge in [-0.3, -0.25) is 9.59 Å². The average Bonchev–Trinajstić information content (AvgIpc) is 2.98. The molecule has 1 fully saturated rings. The molecule has 0 atom stereocenters. The van der Waals surface area contributed by atoms with E-state index in [-0.39, 0.29) is 17.7 Å². The molecule has 1 aliphatic heterocycles. The second kappa shape index (κ2) is 6.70. The summed E-state index contributed by atoms with van der Waals surface area (Å²) in [4.78, 5) is 26.6. The van der Waals surface area contributed by atoms with Crippen molar-refractivity contribution in [3.8, 4) is 0 Å². The summed E-state index contributed by atoms with van der Waals surface area (Å²) in [6.07, 6.45) is 2.50. The van der Waals surface area contributed by atoms with Crippen molar-refractivity contribution in [1.29, 1.82) is 0 Å². The van der Waals surface area contributed by atoms with E-state index in [4.69, 9.17) is 0 Å². The Morgan fingerprint density at radius 2 is 2.16 bits per heavy atom. The molecule has 0 bridgehead atoms. The molecular weight excluding hydrogens is 260 g/mol. The van der Waals surface area contributed by atoms with Crippen LogP contribution in [0.5, 0.6) is 0 Å². The summed E-state index contributed by atoms with van der Waals surface area (Å²) in [6.45, 7) is 4.15. The molecule has 0 saturated carbocycles. The number of carbonyl (C=O) groups excluding carboxylic acids is 2. The lowest BCUT2D eigenvalue weighted by molar-refractivity contribution is -0.126. The third-order valence-corrected chi connectivity index (χ3v) is 4.29. The van der Waals surface area contributed by atoms with E-state index in [9.17, 15) is 9.59 Å². The quantitative estimate of drug-likeness (QED) is 0.918. The second-order valence-electron chi connectivity index (χ2n) is 4.83. The zero-order valence-electron chi connectivity index (χ0n) is 11.2. The molecule has 1 aliphatic rings. The van der Waals surface area contributed by atoms with Gasteiger partial charge in [0.2, 0.25) is 5.91 Å². The first kappa shape index (κ1) is 14.1. The maximum Gasteiger partial charge on any atom is 0.263 e. The van der Waals surface area contributed by atoms with E-state index < -0.39 is 0 Å². The Labute approximate surface area is 117 Å². The van der Waals surface area contributed by atoms with Crippen molar-refractivity contribution < 1.29 is 9.59 Å². The lowest BCUT2D eigenvalue weighted by atomic mass is 9.96. The predicted molar refractivity (Wildman–Crippen MR) is 76.2 cm³/mol. The van der Waals surface area contributed by atoms with Crippen LogP contribution in [0.4, 0.5) is 0 Å². The van der Waals surface area contributed by atoms with Gasteiger partial charge in [0.15, 0.2) is 0 Å². The third-order valence-electron chi connectivity index (χ3n) is 3.43. The van der Waals surface area contributed by atoms with Crippen LogP contribution in [0.2, 0.25) is 0 Å². The Hall–Kier alpha value is -1.36. The Bertz CT molecular complexity index is 423. The molecule has 1 aromatic heterocycles. The molecule has 1 aromatic rings. The number of hydrogen-bond acceptors (Lipinski definition) is 3. The van der Waals surface area contributed by atoms with Gasteiger partial charge in [-0.25, -0.2) is 0 Å². The summed E-state index contributed by atoms with van der Waals surface area (Å²) >= 11 is 1.47. The van der Waals surface area contributed by atoms with Gasteiger partial charge in [0.05, 0.1) is 4.88 Å². The zero-order chi connectivity index (χ0) is 13.7. The first-order chi connectivity index (χ1) is 9.22. The van der Waals surface area contributed by atoms with E-state index in [2.05, 4.69) is 5.32 Å². The average molecular weight is 280 g/mol. The van der Waals surface area contributed by atoms with Crippen LogP contribution in [0, 0.1) is 5.92 Å². The van der Waals surface area contributed by atoms with Crippen molar-refractivity contribution in [3.05, 3.63) is 22.4 Å². The first-order valence-corrected chi connectivity index (χ1v) is 7.70. The van der Waals surface area contributed by atoms with E-state index in [1.807, 2.05) is 29.3 Å². The second-order valence-corrected chi connectivity index (χ2v) is 5.78. The summed E-state index contributed by atoms with van der Waals surface area (Å²) < 4.78 is 0. The number of rotatable bonds is 4. The SMILES string of the molecule is CCCNC(=O)C1CCN(C(=O)c2cccs2)CC1. The molecule has 2 heterocycles. The van der Waals surface area contributed by atoms with E-state index >= 15 is 0 Å². The van der Waals surface area contributed by atoms with Gasteiger partial charge in [-0.2, -0.15) is 0 Å². The van der Waals surface area contributed by atoms with Crippen molar-refractivity contribution in [2.45, 2.75) is 26.2 Å². The molecule has 19 heavy (non-hydrogen) atoms. The van der Waals surface area contributed by atoms with Crippen LogP contribution in [-0.4, -0.2) is 36.3 Å². The predicted octanol–water partition coefficient (Wildman–Crippen LogP) is 2.13. The van der Waals surface area contributed by atoms with Crippen LogP contribution < -0.4 is 5.32 Å². The number of piperidine rings is 1. The minimum Gasteiger partial charge on any atom is -0.356 e. The smallest absolute Gasteiger partial charge is 0.263 e. The van der Waals surface area contributed by atoms with Gasteiger partial charge in [-0.1, -0.05) is 13.0 Å². The lowest BCUT2D eigenvalue weighted by Crippen LogP contribution is -2.43.